The maximum absolute atomic E-state index is 11.2. The molecule has 4 heteroatoms. The molecule has 0 saturated carbocycles. The van der Waals surface area contributed by atoms with Crippen LogP contribution in [0.15, 0.2) is 12.2 Å². The van der Waals surface area contributed by atoms with Crippen LogP contribution in [0.1, 0.15) is 39.5 Å². The first-order valence-corrected chi connectivity index (χ1v) is 5.31. The van der Waals surface area contributed by atoms with Gasteiger partial charge in [0.05, 0.1) is 0 Å². The van der Waals surface area contributed by atoms with E-state index in [0.29, 0.717) is 12.8 Å². The number of rotatable bonds is 5. The van der Waals surface area contributed by atoms with Gasteiger partial charge >= 0.3 is 0 Å². The summed E-state index contributed by atoms with van der Waals surface area (Å²) in [4.78, 5) is 21.5. The SMILES string of the molecule is CCCC1(CC(C)=O)C=CC([N+](=O)[O-])C1. The van der Waals surface area contributed by atoms with Gasteiger partial charge in [0.2, 0.25) is 6.04 Å². The lowest BCUT2D eigenvalue weighted by Gasteiger charge is -2.25. The molecule has 84 valence electrons. The molecule has 1 rings (SSSR count). The monoisotopic (exact) mass is 211 g/mol. The summed E-state index contributed by atoms with van der Waals surface area (Å²) in [6, 6.07) is -0.601. The van der Waals surface area contributed by atoms with Crippen LogP contribution in [0.4, 0.5) is 0 Å². The topological polar surface area (TPSA) is 60.2 Å². The van der Waals surface area contributed by atoms with Crippen molar-refractivity contribution in [2.24, 2.45) is 5.41 Å². The maximum atomic E-state index is 11.2. The molecular formula is C11H17NO3. The predicted octanol–water partition coefficient (Wildman–Crippen LogP) is 2.36. The minimum Gasteiger partial charge on any atom is -0.300 e. The predicted molar refractivity (Wildman–Crippen MR) is 57.2 cm³/mol. The molecule has 0 radical (unpaired) electrons. The molecule has 0 aliphatic heterocycles. The molecule has 2 atom stereocenters. The minimum atomic E-state index is -0.601. The molecule has 1 aliphatic carbocycles. The Bertz CT molecular complexity index is 298. The molecule has 15 heavy (non-hydrogen) atoms. The highest BCUT2D eigenvalue weighted by Crippen LogP contribution is 2.40. The highest BCUT2D eigenvalue weighted by Gasteiger charge is 2.39. The zero-order chi connectivity index (χ0) is 11.5. The van der Waals surface area contributed by atoms with Crippen molar-refractivity contribution >= 4 is 5.78 Å². The highest BCUT2D eigenvalue weighted by atomic mass is 16.6. The molecule has 0 bridgehead atoms. The number of carbonyl (C=O) groups is 1. The fourth-order valence-corrected chi connectivity index (χ4v) is 2.41. The van der Waals surface area contributed by atoms with E-state index in [1.807, 2.05) is 13.0 Å². The minimum absolute atomic E-state index is 0.108. The first kappa shape index (κ1) is 11.9. The summed E-state index contributed by atoms with van der Waals surface area (Å²) in [6.07, 6.45) is 6.23. The van der Waals surface area contributed by atoms with Gasteiger partial charge in [0.25, 0.3) is 0 Å². The van der Waals surface area contributed by atoms with Crippen LogP contribution in [-0.4, -0.2) is 16.7 Å². The Morgan fingerprint density at radius 3 is 2.73 bits per heavy atom. The zero-order valence-corrected chi connectivity index (χ0v) is 9.23. The van der Waals surface area contributed by atoms with E-state index >= 15 is 0 Å². The number of hydrogen-bond donors (Lipinski definition) is 0. The number of Topliss-reactive ketones (excluding diaryl/α,β-unsaturated/α-hetero) is 1. The fraction of sp³-hybridized carbons (Fsp3) is 0.727. The highest BCUT2D eigenvalue weighted by molar-refractivity contribution is 5.76. The van der Waals surface area contributed by atoms with Crippen LogP contribution in [0.25, 0.3) is 0 Å². The van der Waals surface area contributed by atoms with Crippen LogP contribution in [0.3, 0.4) is 0 Å². The molecule has 0 fully saturated rings. The third-order valence-electron chi connectivity index (χ3n) is 2.91. The van der Waals surface area contributed by atoms with E-state index in [0.717, 1.165) is 12.8 Å². The van der Waals surface area contributed by atoms with E-state index in [2.05, 4.69) is 0 Å². The molecule has 2 unspecified atom stereocenters. The second-order valence-electron chi connectivity index (χ2n) is 4.41. The fourth-order valence-electron chi connectivity index (χ4n) is 2.41. The molecule has 0 N–H and O–H groups in total. The quantitative estimate of drug-likeness (QED) is 0.398. The van der Waals surface area contributed by atoms with Crippen LogP contribution in [0, 0.1) is 15.5 Å². The summed E-state index contributed by atoms with van der Waals surface area (Å²) in [7, 11) is 0. The van der Waals surface area contributed by atoms with Crippen molar-refractivity contribution in [1.82, 2.24) is 0 Å². The number of allylic oxidation sites excluding steroid dienone is 1. The normalized spacial score (nSPS) is 29.3. The standard InChI is InChI=1S/C11H17NO3/c1-3-5-11(7-9(2)13)6-4-10(8-11)12(14)15/h4,6,10H,3,5,7-8H2,1-2H3. The van der Waals surface area contributed by atoms with Crippen molar-refractivity contribution in [2.45, 2.75) is 45.6 Å². The van der Waals surface area contributed by atoms with Crippen molar-refractivity contribution in [1.29, 1.82) is 0 Å². The average Bonchev–Trinajstić information content (AvgIpc) is 2.48. The molecule has 4 nitrogen and oxygen atoms in total. The second kappa shape index (κ2) is 4.55. The smallest absolute Gasteiger partial charge is 0.232 e. The van der Waals surface area contributed by atoms with Crippen molar-refractivity contribution in [3.63, 3.8) is 0 Å². The Kier molecular flexibility index (Phi) is 3.61. The number of nitrogens with zero attached hydrogens (tertiary/aromatic N) is 1. The Labute approximate surface area is 89.5 Å². The van der Waals surface area contributed by atoms with Gasteiger partial charge < -0.3 is 0 Å². The van der Waals surface area contributed by atoms with Gasteiger partial charge in [-0.2, -0.15) is 0 Å². The molecule has 0 spiro atoms. The summed E-state index contributed by atoms with van der Waals surface area (Å²) >= 11 is 0. The average molecular weight is 211 g/mol. The molecule has 1 aliphatic rings. The Balaban J connectivity index is 2.74. The van der Waals surface area contributed by atoms with E-state index in [-0.39, 0.29) is 16.1 Å². The summed E-state index contributed by atoms with van der Waals surface area (Å²) in [5.74, 6) is 0.108. The van der Waals surface area contributed by atoms with E-state index in [1.54, 1.807) is 13.0 Å². The zero-order valence-electron chi connectivity index (χ0n) is 9.23. The number of carbonyl (C=O) groups excluding carboxylic acids is 1. The Morgan fingerprint density at radius 1 is 1.67 bits per heavy atom. The molecule has 0 aromatic rings. The summed E-state index contributed by atoms with van der Waals surface area (Å²) in [5.41, 5.74) is -0.252. The summed E-state index contributed by atoms with van der Waals surface area (Å²) in [6.45, 7) is 3.58. The Hall–Kier alpha value is -1.19. The van der Waals surface area contributed by atoms with E-state index in [1.165, 1.54) is 0 Å². The summed E-state index contributed by atoms with van der Waals surface area (Å²) < 4.78 is 0. The van der Waals surface area contributed by atoms with Gasteiger partial charge in [-0.15, -0.1) is 0 Å². The van der Waals surface area contributed by atoms with E-state index < -0.39 is 6.04 Å². The molecule has 0 amide bonds. The summed E-state index contributed by atoms with van der Waals surface area (Å²) in [5, 5.41) is 10.6. The first-order valence-electron chi connectivity index (χ1n) is 5.31. The van der Waals surface area contributed by atoms with Gasteiger partial charge in [-0.1, -0.05) is 19.4 Å². The lowest BCUT2D eigenvalue weighted by atomic mass is 9.78. The molecular weight excluding hydrogens is 194 g/mol. The maximum Gasteiger partial charge on any atom is 0.232 e. The van der Waals surface area contributed by atoms with Gasteiger partial charge in [0.15, 0.2) is 0 Å². The van der Waals surface area contributed by atoms with Gasteiger partial charge in [0, 0.05) is 23.2 Å². The number of hydrogen-bond acceptors (Lipinski definition) is 3. The van der Waals surface area contributed by atoms with Crippen LogP contribution < -0.4 is 0 Å². The number of nitro groups is 1. The van der Waals surface area contributed by atoms with Gasteiger partial charge in [0.1, 0.15) is 5.78 Å². The lowest BCUT2D eigenvalue weighted by Crippen LogP contribution is -2.24. The van der Waals surface area contributed by atoms with Crippen LogP contribution in [0.5, 0.6) is 0 Å². The van der Waals surface area contributed by atoms with Gasteiger partial charge in [-0.25, -0.2) is 0 Å². The lowest BCUT2D eigenvalue weighted by molar-refractivity contribution is -0.510. The molecule has 0 aromatic carbocycles. The van der Waals surface area contributed by atoms with E-state index in [9.17, 15) is 14.9 Å². The van der Waals surface area contributed by atoms with Gasteiger partial charge in [-0.3, -0.25) is 14.9 Å². The Morgan fingerprint density at radius 2 is 2.33 bits per heavy atom. The number of ketones is 1. The molecule has 0 saturated heterocycles. The van der Waals surface area contributed by atoms with Crippen molar-refractivity contribution < 1.29 is 9.72 Å². The second-order valence-corrected chi connectivity index (χ2v) is 4.41. The van der Waals surface area contributed by atoms with Crippen molar-refractivity contribution in [3.8, 4) is 0 Å². The van der Waals surface area contributed by atoms with Crippen LogP contribution in [0.2, 0.25) is 0 Å². The molecule has 0 aromatic heterocycles. The van der Waals surface area contributed by atoms with Crippen molar-refractivity contribution in [2.75, 3.05) is 0 Å². The largest absolute Gasteiger partial charge is 0.300 e. The third-order valence-corrected chi connectivity index (χ3v) is 2.91. The van der Waals surface area contributed by atoms with Gasteiger partial charge in [-0.05, 0) is 19.4 Å². The van der Waals surface area contributed by atoms with Crippen LogP contribution in [-0.2, 0) is 4.79 Å². The van der Waals surface area contributed by atoms with E-state index in [4.69, 9.17) is 0 Å². The van der Waals surface area contributed by atoms with Crippen LogP contribution >= 0.6 is 0 Å². The third kappa shape index (κ3) is 2.88. The first-order chi connectivity index (χ1) is 6.99. The van der Waals surface area contributed by atoms with Crippen molar-refractivity contribution in [3.05, 3.63) is 22.3 Å². The molecule has 0 heterocycles.